The zero-order chi connectivity index (χ0) is 17.9. The molecule has 0 N–H and O–H groups in total. The van der Waals surface area contributed by atoms with E-state index < -0.39 is 10.0 Å². The van der Waals surface area contributed by atoms with Gasteiger partial charge in [0.05, 0.1) is 5.25 Å². The number of hydrogen-bond donors (Lipinski definition) is 0. The largest absolute Gasteiger partial charge is 0.345 e. The summed E-state index contributed by atoms with van der Waals surface area (Å²) in [5.41, 5.74) is 1.19. The third kappa shape index (κ3) is 4.37. The first-order valence-electron chi connectivity index (χ1n) is 8.57. The lowest BCUT2D eigenvalue weighted by molar-refractivity contribution is 0.427. The molecule has 0 atom stereocenters. The lowest BCUT2D eigenvalue weighted by Gasteiger charge is -2.22. The van der Waals surface area contributed by atoms with Gasteiger partial charge in [-0.05, 0) is 25.8 Å². The molecule has 1 aliphatic rings. The van der Waals surface area contributed by atoms with E-state index in [2.05, 4.69) is 26.4 Å². The summed E-state index contributed by atoms with van der Waals surface area (Å²) in [6.07, 6.45) is 1.53. The van der Waals surface area contributed by atoms with Gasteiger partial charge in [0, 0.05) is 44.1 Å². The van der Waals surface area contributed by atoms with E-state index in [1.54, 1.807) is 18.2 Å². The Morgan fingerprint density at radius 2 is 1.88 bits per heavy atom. The van der Waals surface area contributed by atoms with Gasteiger partial charge in [-0.15, -0.1) is 0 Å². The molecule has 1 aromatic carbocycles. The highest BCUT2D eigenvalue weighted by Gasteiger charge is 2.28. The number of nitrogens with zero attached hydrogens (tertiary/aromatic N) is 4. The van der Waals surface area contributed by atoms with Gasteiger partial charge in [0.15, 0.2) is 0 Å². The number of sulfonamides is 1. The number of aromatic nitrogens is 2. The second kappa shape index (κ2) is 7.80. The predicted molar refractivity (Wildman–Crippen MR) is 102 cm³/mol. The van der Waals surface area contributed by atoms with Gasteiger partial charge in [-0.25, -0.2) is 13.4 Å². The Morgan fingerprint density at radius 3 is 2.60 bits per heavy atom. The van der Waals surface area contributed by atoms with Crippen molar-refractivity contribution in [2.75, 3.05) is 31.1 Å². The second-order valence-electron chi connectivity index (χ2n) is 6.49. The van der Waals surface area contributed by atoms with Crippen molar-refractivity contribution >= 4 is 26.7 Å². The van der Waals surface area contributed by atoms with Crippen LogP contribution in [0.15, 0.2) is 30.3 Å². The number of benzene rings is 1. The summed E-state index contributed by atoms with van der Waals surface area (Å²) < 4.78 is 30.8. The molecule has 25 heavy (non-hydrogen) atoms. The average Bonchev–Trinajstić information content (AvgIpc) is 2.90. The molecule has 1 aliphatic heterocycles. The maximum Gasteiger partial charge on any atom is 0.216 e. The van der Waals surface area contributed by atoms with Crippen LogP contribution in [0.1, 0.15) is 31.7 Å². The molecule has 2 aromatic rings. The normalized spacial score (nSPS) is 17.0. The van der Waals surface area contributed by atoms with E-state index in [1.165, 1.54) is 17.1 Å². The fourth-order valence-corrected chi connectivity index (χ4v) is 4.91. The monoisotopic (exact) mass is 380 g/mol. The standard InChI is InChI=1S/C17H24N4O2S2/c1-14(2)25(22,23)21-10-6-9-20(11-12-21)17-18-16(19-24-17)13-15-7-4-3-5-8-15/h3-5,7-8,14H,6,9-13H2,1-2H3. The van der Waals surface area contributed by atoms with Gasteiger partial charge < -0.3 is 4.90 Å². The molecule has 0 saturated carbocycles. The van der Waals surface area contributed by atoms with Crippen molar-refractivity contribution < 1.29 is 8.42 Å². The first-order chi connectivity index (χ1) is 12.0. The van der Waals surface area contributed by atoms with E-state index in [9.17, 15) is 8.42 Å². The highest BCUT2D eigenvalue weighted by Crippen LogP contribution is 2.22. The van der Waals surface area contributed by atoms with Crippen molar-refractivity contribution in [3.63, 3.8) is 0 Å². The Kier molecular flexibility index (Phi) is 5.71. The molecule has 3 rings (SSSR count). The van der Waals surface area contributed by atoms with Crippen molar-refractivity contribution in [3.05, 3.63) is 41.7 Å². The van der Waals surface area contributed by atoms with Crippen LogP contribution in [-0.4, -0.2) is 53.5 Å². The summed E-state index contributed by atoms with van der Waals surface area (Å²) in [5, 5.41) is 0.507. The van der Waals surface area contributed by atoms with Crippen molar-refractivity contribution in [1.29, 1.82) is 0 Å². The Hall–Kier alpha value is -1.51. The van der Waals surface area contributed by atoms with Crippen LogP contribution in [0.3, 0.4) is 0 Å². The van der Waals surface area contributed by atoms with Crippen LogP contribution >= 0.6 is 11.5 Å². The van der Waals surface area contributed by atoms with Crippen LogP contribution in [-0.2, 0) is 16.4 Å². The third-order valence-electron chi connectivity index (χ3n) is 4.34. The van der Waals surface area contributed by atoms with Gasteiger partial charge in [-0.1, -0.05) is 30.3 Å². The summed E-state index contributed by atoms with van der Waals surface area (Å²) >= 11 is 1.40. The zero-order valence-corrected chi connectivity index (χ0v) is 16.3. The topological polar surface area (TPSA) is 66.4 Å². The predicted octanol–water partition coefficient (Wildman–Crippen LogP) is 2.38. The molecule has 136 valence electrons. The lowest BCUT2D eigenvalue weighted by atomic mass is 10.1. The Bertz CT molecular complexity index is 790. The second-order valence-corrected chi connectivity index (χ2v) is 9.71. The van der Waals surface area contributed by atoms with Crippen LogP contribution in [0.4, 0.5) is 5.13 Å². The maximum absolute atomic E-state index is 12.4. The number of rotatable bonds is 5. The highest BCUT2D eigenvalue weighted by molar-refractivity contribution is 7.89. The van der Waals surface area contributed by atoms with Crippen LogP contribution in [0.5, 0.6) is 0 Å². The molecule has 8 heteroatoms. The molecule has 0 radical (unpaired) electrons. The molecule has 1 aromatic heterocycles. The number of hydrogen-bond acceptors (Lipinski definition) is 6. The van der Waals surface area contributed by atoms with Gasteiger partial charge >= 0.3 is 0 Å². The van der Waals surface area contributed by atoms with Gasteiger partial charge in [0.25, 0.3) is 0 Å². The van der Waals surface area contributed by atoms with Gasteiger partial charge in [-0.3, -0.25) is 0 Å². The zero-order valence-electron chi connectivity index (χ0n) is 14.6. The molecular weight excluding hydrogens is 356 g/mol. The van der Waals surface area contributed by atoms with Crippen molar-refractivity contribution in [2.45, 2.75) is 31.9 Å². The van der Waals surface area contributed by atoms with E-state index in [4.69, 9.17) is 0 Å². The van der Waals surface area contributed by atoms with Crippen molar-refractivity contribution in [3.8, 4) is 0 Å². The third-order valence-corrected chi connectivity index (χ3v) is 7.43. The first-order valence-corrected chi connectivity index (χ1v) is 10.8. The molecule has 1 fully saturated rings. The molecule has 0 aliphatic carbocycles. The summed E-state index contributed by atoms with van der Waals surface area (Å²) in [6.45, 7) is 6.02. The van der Waals surface area contributed by atoms with Gasteiger partial charge in [0.2, 0.25) is 15.2 Å². The first kappa shape index (κ1) is 18.3. The Labute approximate surface area is 153 Å². The summed E-state index contributed by atoms with van der Waals surface area (Å²) in [7, 11) is -3.19. The quantitative estimate of drug-likeness (QED) is 0.797. The minimum Gasteiger partial charge on any atom is -0.345 e. The molecule has 0 amide bonds. The fourth-order valence-electron chi connectivity index (χ4n) is 2.86. The number of anilines is 1. The average molecular weight is 381 g/mol. The van der Waals surface area contributed by atoms with E-state index in [0.29, 0.717) is 19.6 Å². The van der Waals surface area contributed by atoms with E-state index in [0.717, 1.165) is 30.3 Å². The maximum atomic E-state index is 12.4. The Balaban J connectivity index is 1.65. The Morgan fingerprint density at radius 1 is 1.12 bits per heavy atom. The van der Waals surface area contributed by atoms with Gasteiger partial charge in [-0.2, -0.15) is 8.68 Å². The lowest BCUT2D eigenvalue weighted by Crippen LogP contribution is -2.39. The molecule has 2 heterocycles. The van der Waals surface area contributed by atoms with Crippen LogP contribution < -0.4 is 4.90 Å². The van der Waals surface area contributed by atoms with E-state index >= 15 is 0 Å². The molecule has 0 bridgehead atoms. The fraction of sp³-hybridized carbons (Fsp3) is 0.529. The van der Waals surface area contributed by atoms with Gasteiger partial charge in [0.1, 0.15) is 5.82 Å². The van der Waals surface area contributed by atoms with E-state index in [1.807, 2.05) is 18.2 Å². The van der Waals surface area contributed by atoms with Crippen molar-refractivity contribution in [2.24, 2.45) is 0 Å². The smallest absolute Gasteiger partial charge is 0.216 e. The molecule has 0 spiro atoms. The van der Waals surface area contributed by atoms with Crippen LogP contribution in [0.2, 0.25) is 0 Å². The van der Waals surface area contributed by atoms with Crippen LogP contribution in [0.25, 0.3) is 0 Å². The highest BCUT2D eigenvalue weighted by atomic mass is 32.2. The minimum atomic E-state index is -3.19. The molecular formula is C17H24N4O2S2. The van der Waals surface area contributed by atoms with E-state index in [-0.39, 0.29) is 5.25 Å². The molecule has 0 unspecified atom stereocenters. The summed E-state index contributed by atoms with van der Waals surface area (Å²) in [5.74, 6) is 0.821. The minimum absolute atomic E-state index is 0.377. The summed E-state index contributed by atoms with van der Waals surface area (Å²) in [4.78, 5) is 6.81. The SMILES string of the molecule is CC(C)S(=O)(=O)N1CCCN(c2nc(Cc3ccccc3)ns2)CC1. The summed E-state index contributed by atoms with van der Waals surface area (Å²) in [6, 6.07) is 10.2. The van der Waals surface area contributed by atoms with Crippen molar-refractivity contribution in [1.82, 2.24) is 13.7 Å². The molecule has 1 saturated heterocycles. The molecule has 6 nitrogen and oxygen atoms in total. The van der Waals surface area contributed by atoms with Crippen LogP contribution in [0, 0.1) is 0 Å².